The molecule has 0 bridgehead atoms. The van der Waals surface area contributed by atoms with Crippen LogP contribution < -0.4 is 9.47 Å². The number of hydrogen-bond donors (Lipinski definition) is 0. The molecule has 518 valence electrons. The van der Waals surface area contributed by atoms with Crippen LogP contribution in [0.4, 0.5) is 0 Å². The van der Waals surface area contributed by atoms with E-state index in [2.05, 4.69) is 312 Å². The molecule has 110 heavy (non-hydrogen) atoms. The maximum absolute atomic E-state index is 7.32. The van der Waals surface area contributed by atoms with Crippen LogP contribution in [0, 0.1) is 27.7 Å². The summed E-state index contributed by atoms with van der Waals surface area (Å²) in [7, 11) is 0. The largest absolute Gasteiger partial charge is 0.457 e. The third-order valence-electron chi connectivity index (χ3n) is 22.8. The Bertz CT molecular complexity index is 6650. The molecule has 9 heteroatoms. The molecular formula is C101H67N7O2. The van der Waals surface area contributed by atoms with Crippen LogP contribution in [-0.2, 0) is 10.8 Å². The number of aryl methyl sites for hydroxylation is 4. The molecule has 0 saturated carbocycles. The van der Waals surface area contributed by atoms with Gasteiger partial charge in [0, 0.05) is 79.3 Å². The summed E-state index contributed by atoms with van der Waals surface area (Å²) in [5, 5.41) is 0. The van der Waals surface area contributed by atoms with Crippen LogP contribution >= 0.6 is 0 Å². The van der Waals surface area contributed by atoms with Gasteiger partial charge in [-0.3, -0.25) is 9.97 Å². The van der Waals surface area contributed by atoms with Gasteiger partial charge in [0.2, 0.25) is 0 Å². The molecule has 9 nitrogen and oxygen atoms in total. The highest BCUT2D eigenvalue weighted by Gasteiger charge is 2.53. The summed E-state index contributed by atoms with van der Waals surface area (Å²) < 4.78 is 14.3. The summed E-state index contributed by atoms with van der Waals surface area (Å²) in [6.07, 6.45) is 3.81. The molecule has 21 rings (SSSR count). The van der Waals surface area contributed by atoms with E-state index in [4.69, 9.17) is 44.4 Å². The van der Waals surface area contributed by atoms with Crippen molar-refractivity contribution < 1.29 is 9.47 Å². The van der Waals surface area contributed by atoms with Crippen molar-refractivity contribution in [2.45, 2.75) is 38.5 Å². The zero-order valence-corrected chi connectivity index (χ0v) is 60.7. The third kappa shape index (κ3) is 10.1. The third-order valence-corrected chi connectivity index (χ3v) is 22.8. The van der Waals surface area contributed by atoms with E-state index in [1.54, 1.807) is 0 Å². The average Bonchev–Trinajstić information content (AvgIpc) is 1.50. The number of nitrogens with zero attached hydrogens (tertiary/aromatic N) is 7. The maximum Gasteiger partial charge on any atom is 0.164 e. The second kappa shape index (κ2) is 25.3. The Kier molecular flexibility index (Phi) is 14.8. The quantitative estimate of drug-likeness (QED) is 0.132. The van der Waals surface area contributed by atoms with Crippen molar-refractivity contribution >= 4 is 0 Å². The van der Waals surface area contributed by atoms with Crippen LogP contribution in [0.2, 0.25) is 0 Å². The fourth-order valence-electron chi connectivity index (χ4n) is 17.8. The van der Waals surface area contributed by atoms with E-state index in [-0.39, 0.29) is 0 Å². The summed E-state index contributed by atoms with van der Waals surface area (Å²) in [6, 6.07) is 115. The molecular weight excluding hydrogens is 1340 g/mol. The first kappa shape index (κ1) is 64.3. The lowest BCUT2D eigenvalue weighted by Gasteiger charge is -2.40. The average molecular weight is 1410 g/mol. The van der Waals surface area contributed by atoms with Crippen molar-refractivity contribution in [2.75, 3.05) is 0 Å². The highest BCUT2D eigenvalue weighted by Crippen LogP contribution is 2.66. The van der Waals surface area contributed by atoms with E-state index in [0.717, 1.165) is 185 Å². The number of aromatic nitrogens is 7. The van der Waals surface area contributed by atoms with Crippen molar-refractivity contribution in [3.05, 3.63) is 401 Å². The van der Waals surface area contributed by atoms with E-state index >= 15 is 0 Å². The Balaban J connectivity index is 0.679. The van der Waals surface area contributed by atoms with Crippen molar-refractivity contribution in [1.29, 1.82) is 0 Å². The van der Waals surface area contributed by atoms with E-state index < -0.39 is 10.8 Å². The summed E-state index contributed by atoms with van der Waals surface area (Å²) >= 11 is 0. The van der Waals surface area contributed by atoms with Crippen LogP contribution in [0.15, 0.2) is 334 Å². The molecule has 2 aliphatic heterocycles. The number of para-hydroxylation sites is 3. The Morgan fingerprint density at radius 2 is 0.718 bits per heavy atom. The molecule has 0 N–H and O–H groups in total. The van der Waals surface area contributed by atoms with Gasteiger partial charge in [-0.1, -0.05) is 249 Å². The summed E-state index contributed by atoms with van der Waals surface area (Å²) in [5.41, 5.74) is 31.8. The zero-order valence-electron chi connectivity index (χ0n) is 60.7. The smallest absolute Gasteiger partial charge is 0.164 e. The predicted octanol–water partition coefficient (Wildman–Crippen LogP) is 24.3. The molecule has 0 saturated heterocycles. The van der Waals surface area contributed by atoms with Crippen LogP contribution in [0.5, 0.6) is 23.0 Å². The van der Waals surface area contributed by atoms with Gasteiger partial charge in [-0.25, -0.2) is 24.9 Å². The predicted molar refractivity (Wildman–Crippen MR) is 439 cm³/mol. The summed E-state index contributed by atoms with van der Waals surface area (Å²) in [6.45, 7) is 8.26. The highest BCUT2D eigenvalue weighted by molar-refractivity contribution is 5.96. The Morgan fingerprint density at radius 3 is 1.40 bits per heavy atom. The van der Waals surface area contributed by atoms with Crippen LogP contribution in [0.1, 0.15) is 67.2 Å². The molecule has 6 heterocycles. The molecule has 4 aliphatic rings. The Morgan fingerprint density at radius 1 is 0.236 bits per heavy atom. The number of fused-ring (bicyclic) bond motifs is 18. The van der Waals surface area contributed by atoms with Gasteiger partial charge in [0.15, 0.2) is 17.5 Å². The number of ether oxygens (including phenoxy) is 2. The summed E-state index contributed by atoms with van der Waals surface area (Å²) in [5.74, 6) is 5.55. The van der Waals surface area contributed by atoms with Gasteiger partial charge >= 0.3 is 0 Å². The molecule has 2 unspecified atom stereocenters. The van der Waals surface area contributed by atoms with Gasteiger partial charge in [0.05, 0.1) is 27.9 Å². The number of rotatable bonds is 10. The fourth-order valence-corrected chi connectivity index (χ4v) is 17.8. The first-order chi connectivity index (χ1) is 54.1. The van der Waals surface area contributed by atoms with Gasteiger partial charge in [0.1, 0.15) is 28.8 Å². The Hall–Kier alpha value is -14.2. The first-order valence-corrected chi connectivity index (χ1v) is 37.4. The van der Waals surface area contributed by atoms with Gasteiger partial charge in [-0.15, -0.1) is 0 Å². The van der Waals surface area contributed by atoms with E-state index in [1.807, 2.05) is 49.6 Å². The van der Waals surface area contributed by atoms with Crippen molar-refractivity contribution in [3.8, 4) is 158 Å². The normalized spacial score (nSPS) is 14.9. The van der Waals surface area contributed by atoms with E-state index in [0.29, 0.717) is 23.3 Å². The molecule has 2 aliphatic carbocycles. The molecule has 2 atom stereocenters. The van der Waals surface area contributed by atoms with E-state index in [9.17, 15) is 0 Å². The highest BCUT2D eigenvalue weighted by atomic mass is 16.5. The lowest BCUT2D eigenvalue weighted by Crippen LogP contribution is -2.32. The van der Waals surface area contributed by atoms with E-state index in [1.165, 1.54) is 16.7 Å². The number of benzene rings is 13. The molecule has 4 aromatic heterocycles. The zero-order chi connectivity index (χ0) is 73.3. The molecule has 13 aromatic carbocycles. The van der Waals surface area contributed by atoms with Crippen molar-refractivity contribution in [1.82, 2.24) is 34.9 Å². The SMILES string of the molecule is Cc1ccnc(-c2cccc3c2Oc2ccccc2C32c3ccccc3-c3cc(-c4cc(-c5ccc(-c6ccc7c(c6)-c6ccccc6C76c7ccccc7Oc7cc(-c8cccc(-c9cc(C)cnc9C)c8)c(-c8nc(-c9ccccc9)nc(-c9ccc(-c%10ccccc%10)cc9)n8)cc76)cc5)nc(C)n4)ccc32)c1. The number of hydrogen-bond acceptors (Lipinski definition) is 9. The minimum atomic E-state index is -0.846. The standard InChI is InChI=1S/C101H67N7O2/c1-60-49-50-102-92(52-60)76-29-20-34-88-96(76)110-94-36-18-16-33-87(94)100(88)82-30-13-11-28-75(82)80-55-73(46-48-84(80)100)91-58-90(104-63(4)105-91)67-41-37-66(38-42-67)70-45-47-85-79(54-70)74-27-12-14-31-83(74)101(85)86-32-15-17-35-93(86)109-95-57-78(72-26-19-25-71(53-72)77-51-61(2)59-103-62(77)3)81(56-89(95)101)99-107-97(68-23-9-6-10-24-68)106-98(108-99)69-43-39-65(40-44-69)64-21-7-5-8-22-64/h5-59H,1-4H3. The molecule has 0 fully saturated rings. The topological polar surface area (TPSA) is 109 Å². The molecule has 0 radical (unpaired) electrons. The van der Waals surface area contributed by atoms with Crippen molar-refractivity contribution in [3.63, 3.8) is 0 Å². The lowest BCUT2D eigenvalue weighted by atomic mass is 9.65. The fraction of sp³-hybridized carbons (Fsp3) is 0.0594. The van der Waals surface area contributed by atoms with Gasteiger partial charge in [-0.05, 0) is 195 Å². The molecule has 17 aromatic rings. The van der Waals surface area contributed by atoms with Crippen LogP contribution in [0.25, 0.3) is 135 Å². The van der Waals surface area contributed by atoms with Gasteiger partial charge in [-0.2, -0.15) is 0 Å². The summed E-state index contributed by atoms with van der Waals surface area (Å²) in [4.78, 5) is 36.3. The molecule has 2 spiro atoms. The van der Waals surface area contributed by atoms with Gasteiger partial charge in [0.25, 0.3) is 0 Å². The van der Waals surface area contributed by atoms with Gasteiger partial charge < -0.3 is 9.47 Å². The molecule has 0 amide bonds. The van der Waals surface area contributed by atoms with Crippen LogP contribution in [0.3, 0.4) is 0 Å². The minimum Gasteiger partial charge on any atom is -0.457 e. The monoisotopic (exact) mass is 1410 g/mol. The number of pyridine rings is 2. The van der Waals surface area contributed by atoms with Crippen LogP contribution in [-0.4, -0.2) is 34.9 Å². The maximum atomic E-state index is 7.32. The second-order valence-corrected chi connectivity index (χ2v) is 29.2. The second-order valence-electron chi connectivity index (χ2n) is 29.2. The Labute approximate surface area is 637 Å². The van der Waals surface area contributed by atoms with Crippen molar-refractivity contribution in [2.24, 2.45) is 0 Å². The first-order valence-electron chi connectivity index (χ1n) is 37.4. The lowest BCUT2D eigenvalue weighted by molar-refractivity contribution is 0.436. The minimum absolute atomic E-state index is 0.536.